The van der Waals surface area contributed by atoms with E-state index in [2.05, 4.69) is 52.2 Å². The number of nitrogens with one attached hydrogen (secondary N) is 2. The fourth-order valence-electron chi connectivity index (χ4n) is 2.96. The van der Waals surface area contributed by atoms with Crippen molar-refractivity contribution < 1.29 is 9.90 Å². The number of aromatic nitrogens is 4. The van der Waals surface area contributed by atoms with E-state index in [1.807, 2.05) is 0 Å². The zero-order valence-corrected chi connectivity index (χ0v) is 14.9. The van der Waals surface area contributed by atoms with Gasteiger partial charge in [-0.1, -0.05) is 0 Å². The van der Waals surface area contributed by atoms with Crippen LogP contribution in [-0.2, 0) is 13.0 Å². The number of hydrogen-bond acceptors (Lipinski definition) is 4. The van der Waals surface area contributed by atoms with Crippen molar-refractivity contribution in [3.05, 3.63) is 38.4 Å². The lowest BCUT2D eigenvalue weighted by Gasteiger charge is -2.14. The Labute approximate surface area is 147 Å². The van der Waals surface area contributed by atoms with E-state index in [1.54, 1.807) is 16.8 Å². The molecule has 0 unspecified atom stereocenters. The van der Waals surface area contributed by atoms with Crippen LogP contribution in [0, 0.1) is 0 Å². The smallest absolute Gasteiger partial charge is 0.268 e. The molecule has 0 saturated carbocycles. The van der Waals surface area contributed by atoms with Crippen molar-refractivity contribution in [3.8, 4) is 5.75 Å². The number of benzene rings is 1. The van der Waals surface area contributed by atoms with Crippen molar-refractivity contribution in [1.82, 2.24) is 25.1 Å². The molecule has 118 valence electrons. The normalized spacial score (nSPS) is 14.1. The second kappa shape index (κ2) is 5.34. The summed E-state index contributed by atoms with van der Waals surface area (Å²) in [7, 11) is 0. The molecule has 0 radical (unpaired) electrons. The van der Waals surface area contributed by atoms with Gasteiger partial charge in [-0.3, -0.25) is 4.79 Å². The summed E-state index contributed by atoms with van der Waals surface area (Å²) in [5.74, 6) is 0.0568. The highest BCUT2D eigenvalue weighted by Gasteiger charge is 2.24. The lowest BCUT2D eigenvalue weighted by atomic mass is 9.99. The van der Waals surface area contributed by atoms with Gasteiger partial charge in [-0.25, -0.2) is 4.68 Å². The van der Waals surface area contributed by atoms with Crippen LogP contribution in [-0.4, -0.2) is 37.3 Å². The summed E-state index contributed by atoms with van der Waals surface area (Å²) in [5.41, 5.74) is 3.05. The Morgan fingerprint density at radius 2 is 2.17 bits per heavy atom. The Morgan fingerprint density at radius 3 is 2.91 bits per heavy atom. The van der Waals surface area contributed by atoms with Crippen LogP contribution in [0.1, 0.15) is 21.6 Å². The third kappa shape index (κ3) is 2.34. The second-order valence-electron chi connectivity index (χ2n) is 5.28. The van der Waals surface area contributed by atoms with Crippen LogP contribution < -0.4 is 5.32 Å². The third-order valence-corrected chi connectivity index (χ3v) is 4.87. The SMILES string of the molecule is O=C1NCCc2c1[nH]c1ccc(O)c(Cn3nc(Br)nc3Br)c21. The molecule has 23 heavy (non-hydrogen) atoms. The fraction of sp³-hybridized carbons (Fsp3) is 0.214. The van der Waals surface area contributed by atoms with Crippen molar-refractivity contribution >= 4 is 48.7 Å². The number of hydrogen-bond donors (Lipinski definition) is 3. The van der Waals surface area contributed by atoms with Gasteiger partial charge in [0.15, 0.2) is 4.73 Å². The van der Waals surface area contributed by atoms with E-state index in [0.717, 1.165) is 22.9 Å². The van der Waals surface area contributed by atoms with E-state index in [4.69, 9.17) is 0 Å². The van der Waals surface area contributed by atoms with Crippen LogP contribution in [0.2, 0.25) is 0 Å². The molecule has 0 saturated heterocycles. The van der Waals surface area contributed by atoms with E-state index in [1.165, 1.54) is 0 Å². The molecule has 0 spiro atoms. The number of H-pyrrole nitrogens is 1. The fourth-order valence-corrected chi connectivity index (χ4v) is 3.93. The molecule has 1 aromatic carbocycles. The van der Waals surface area contributed by atoms with E-state index in [-0.39, 0.29) is 11.7 Å². The molecule has 2 aromatic heterocycles. The van der Waals surface area contributed by atoms with E-state index in [9.17, 15) is 9.90 Å². The number of nitrogens with zero attached hydrogens (tertiary/aromatic N) is 3. The number of carbonyl (C=O) groups is 1. The van der Waals surface area contributed by atoms with Gasteiger partial charge in [-0.2, -0.15) is 4.98 Å². The molecule has 0 atom stereocenters. The van der Waals surface area contributed by atoms with Crippen LogP contribution in [0.4, 0.5) is 0 Å². The first-order valence-corrected chi connectivity index (χ1v) is 8.52. The van der Waals surface area contributed by atoms with Gasteiger partial charge < -0.3 is 15.4 Å². The molecule has 3 aromatic rings. The minimum atomic E-state index is -0.113. The number of halogens is 2. The zero-order valence-electron chi connectivity index (χ0n) is 11.7. The number of phenols is 1. The summed E-state index contributed by atoms with van der Waals surface area (Å²) in [5, 5.41) is 18.3. The number of carbonyl (C=O) groups excluding carboxylic acids is 1. The van der Waals surface area contributed by atoms with Crippen LogP contribution in [0.5, 0.6) is 5.75 Å². The first-order chi connectivity index (χ1) is 11.0. The van der Waals surface area contributed by atoms with Crippen LogP contribution in [0.25, 0.3) is 10.9 Å². The number of amides is 1. The first kappa shape index (κ1) is 14.7. The van der Waals surface area contributed by atoms with Gasteiger partial charge in [-0.05, 0) is 56.0 Å². The number of phenolic OH excluding ortho intramolecular Hbond substituents is 1. The van der Waals surface area contributed by atoms with E-state index >= 15 is 0 Å². The first-order valence-electron chi connectivity index (χ1n) is 6.94. The van der Waals surface area contributed by atoms with Crippen LogP contribution in [0.3, 0.4) is 0 Å². The lowest BCUT2D eigenvalue weighted by molar-refractivity contribution is 0.0942. The number of aromatic amines is 1. The Hall–Kier alpha value is -1.87. The monoisotopic (exact) mass is 439 g/mol. The Kier molecular flexibility index (Phi) is 3.42. The maximum absolute atomic E-state index is 12.0. The lowest BCUT2D eigenvalue weighted by Crippen LogP contribution is -2.31. The minimum absolute atomic E-state index is 0.113. The molecule has 0 fully saturated rings. The van der Waals surface area contributed by atoms with Crippen LogP contribution >= 0.6 is 31.9 Å². The third-order valence-electron chi connectivity index (χ3n) is 3.95. The van der Waals surface area contributed by atoms with Gasteiger partial charge in [0.2, 0.25) is 4.73 Å². The summed E-state index contributed by atoms with van der Waals surface area (Å²) in [4.78, 5) is 19.3. The molecule has 9 heteroatoms. The molecule has 1 amide bonds. The van der Waals surface area contributed by atoms with E-state index in [0.29, 0.717) is 33.8 Å². The largest absolute Gasteiger partial charge is 0.508 e. The average Bonchev–Trinajstić information content (AvgIpc) is 3.03. The van der Waals surface area contributed by atoms with Crippen molar-refractivity contribution in [3.63, 3.8) is 0 Å². The highest BCUT2D eigenvalue weighted by Crippen LogP contribution is 2.34. The topological polar surface area (TPSA) is 95.8 Å². The predicted molar refractivity (Wildman–Crippen MR) is 90.5 cm³/mol. The van der Waals surface area contributed by atoms with Crippen molar-refractivity contribution in [2.45, 2.75) is 13.0 Å². The predicted octanol–water partition coefficient (Wildman–Crippen LogP) is 2.32. The molecule has 0 bridgehead atoms. The highest BCUT2D eigenvalue weighted by atomic mass is 79.9. The van der Waals surface area contributed by atoms with Crippen molar-refractivity contribution in [2.24, 2.45) is 0 Å². The molecular weight excluding hydrogens is 430 g/mol. The molecule has 1 aliphatic heterocycles. The minimum Gasteiger partial charge on any atom is -0.508 e. The van der Waals surface area contributed by atoms with Gasteiger partial charge in [0, 0.05) is 23.0 Å². The standard InChI is InChI=1S/C14H11Br2N5O2/c15-13-19-14(16)21(20-13)5-7-9(22)2-1-8-10(7)6-3-4-17-12(23)11(6)18-8/h1-2,18,22H,3-5H2,(H,17,23). The van der Waals surface area contributed by atoms with Gasteiger partial charge in [-0.15, -0.1) is 5.10 Å². The highest BCUT2D eigenvalue weighted by molar-refractivity contribution is 9.11. The van der Waals surface area contributed by atoms with Gasteiger partial charge in [0.1, 0.15) is 11.4 Å². The quantitative estimate of drug-likeness (QED) is 0.569. The molecule has 4 rings (SSSR count). The van der Waals surface area contributed by atoms with Gasteiger partial charge >= 0.3 is 0 Å². The molecule has 7 nitrogen and oxygen atoms in total. The molecular formula is C14H11Br2N5O2. The molecule has 1 aliphatic rings. The maximum atomic E-state index is 12.0. The van der Waals surface area contributed by atoms with E-state index < -0.39 is 0 Å². The number of fused-ring (bicyclic) bond motifs is 3. The summed E-state index contributed by atoms with van der Waals surface area (Å²) in [6.07, 6.45) is 0.722. The van der Waals surface area contributed by atoms with Gasteiger partial charge in [0.25, 0.3) is 5.91 Å². The number of rotatable bonds is 2. The Bertz CT molecular complexity index is 946. The number of aromatic hydroxyl groups is 1. The molecule has 3 N–H and O–H groups in total. The Balaban J connectivity index is 1.93. The summed E-state index contributed by atoms with van der Waals surface area (Å²) < 4.78 is 2.66. The van der Waals surface area contributed by atoms with Crippen molar-refractivity contribution in [1.29, 1.82) is 0 Å². The Morgan fingerprint density at radius 1 is 1.35 bits per heavy atom. The summed E-state index contributed by atoms with van der Waals surface area (Å²) in [6.45, 7) is 0.931. The summed E-state index contributed by atoms with van der Waals surface area (Å²) in [6, 6.07) is 3.41. The summed E-state index contributed by atoms with van der Waals surface area (Å²) >= 11 is 6.57. The van der Waals surface area contributed by atoms with Crippen LogP contribution in [0.15, 0.2) is 21.6 Å². The second-order valence-corrected chi connectivity index (χ2v) is 6.70. The average molecular weight is 441 g/mol. The molecule has 0 aliphatic carbocycles. The maximum Gasteiger partial charge on any atom is 0.268 e. The van der Waals surface area contributed by atoms with Crippen molar-refractivity contribution in [2.75, 3.05) is 6.54 Å². The van der Waals surface area contributed by atoms with Gasteiger partial charge in [0.05, 0.1) is 6.54 Å². The zero-order chi connectivity index (χ0) is 16.1. The molecule has 3 heterocycles.